The molecule has 1 fully saturated rings. The van der Waals surface area contributed by atoms with Crippen molar-refractivity contribution >= 4 is 0 Å². The van der Waals surface area contributed by atoms with E-state index < -0.39 is 5.60 Å². The zero-order valence-electron chi connectivity index (χ0n) is 10.9. The molecular weight excluding hydrogens is 216 g/mol. The van der Waals surface area contributed by atoms with Gasteiger partial charge in [-0.1, -0.05) is 26.0 Å². The average Bonchev–Trinajstić information content (AvgIpc) is 2.72. The molecule has 0 amide bonds. The number of piperidine rings is 1. The van der Waals surface area contributed by atoms with Gasteiger partial charge >= 0.3 is 0 Å². The van der Waals surface area contributed by atoms with Crippen LogP contribution in [0.25, 0.3) is 0 Å². The highest BCUT2D eigenvalue weighted by atomic mass is 16.3. The van der Waals surface area contributed by atoms with Crippen molar-refractivity contribution in [2.24, 2.45) is 5.41 Å². The van der Waals surface area contributed by atoms with Gasteiger partial charge in [0.2, 0.25) is 0 Å². The largest absolute Gasteiger partial charge is 0.383 e. The molecule has 1 atom stereocenters. The first kappa shape index (κ1) is 12.5. The minimum Gasteiger partial charge on any atom is -0.383 e. The highest BCUT2D eigenvalue weighted by Gasteiger charge is 2.48. The Balaban J connectivity index is 2.38. The average molecular weight is 238 g/mol. The molecule has 2 rings (SSSR count). The topological polar surface area (TPSA) is 63.0 Å². The van der Waals surface area contributed by atoms with Gasteiger partial charge in [-0.2, -0.15) is 0 Å². The first-order valence-electron chi connectivity index (χ1n) is 6.33. The second kappa shape index (κ2) is 4.38. The highest BCUT2D eigenvalue weighted by molar-refractivity contribution is 5.15. The molecule has 17 heavy (non-hydrogen) atoms. The monoisotopic (exact) mass is 238 g/mol. The van der Waals surface area contributed by atoms with Crippen LogP contribution in [-0.2, 0) is 12.1 Å². The number of aliphatic hydroxyl groups is 1. The van der Waals surface area contributed by atoms with Crippen LogP contribution in [0.2, 0.25) is 0 Å². The maximum Gasteiger partial charge on any atom is 0.115 e. The molecule has 96 valence electrons. The summed E-state index contributed by atoms with van der Waals surface area (Å²) >= 11 is 0. The summed E-state index contributed by atoms with van der Waals surface area (Å²) in [5.41, 5.74) is -0.194. The number of hydrogen-bond donors (Lipinski definition) is 2. The summed E-state index contributed by atoms with van der Waals surface area (Å²) < 4.78 is 1.84. The van der Waals surface area contributed by atoms with Crippen molar-refractivity contribution in [3.8, 4) is 0 Å². The third-order valence-electron chi connectivity index (χ3n) is 3.83. The molecule has 2 heterocycles. The fourth-order valence-corrected chi connectivity index (χ4v) is 2.58. The van der Waals surface area contributed by atoms with E-state index in [0.717, 1.165) is 31.7 Å². The van der Waals surface area contributed by atoms with E-state index in [1.807, 2.05) is 4.68 Å². The van der Waals surface area contributed by atoms with Gasteiger partial charge in [0.15, 0.2) is 0 Å². The van der Waals surface area contributed by atoms with Crippen molar-refractivity contribution in [1.29, 1.82) is 0 Å². The van der Waals surface area contributed by atoms with Crippen molar-refractivity contribution in [2.45, 2.75) is 45.8 Å². The van der Waals surface area contributed by atoms with Gasteiger partial charge in [0.05, 0.1) is 11.9 Å². The van der Waals surface area contributed by atoms with Gasteiger partial charge in [0.25, 0.3) is 0 Å². The van der Waals surface area contributed by atoms with Crippen LogP contribution in [0.1, 0.15) is 39.3 Å². The Morgan fingerprint density at radius 2 is 2.29 bits per heavy atom. The highest BCUT2D eigenvalue weighted by Crippen LogP contribution is 2.43. The van der Waals surface area contributed by atoms with Crippen molar-refractivity contribution < 1.29 is 5.11 Å². The van der Waals surface area contributed by atoms with Crippen LogP contribution in [-0.4, -0.2) is 33.2 Å². The minimum absolute atomic E-state index is 0.210. The Bertz CT molecular complexity index is 388. The van der Waals surface area contributed by atoms with Crippen LogP contribution in [0, 0.1) is 5.41 Å². The van der Waals surface area contributed by atoms with E-state index in [0.29, 0.717) is 6.42 Å². The normalized spacial score (nSPS) is 28.2. The Morgan fingerprint density at radius 1 is 1.53 bits per heavy atom. The number of hydrogen-bond acceptors (Lipinski definition) is 4. The molecule has 1 aliphatic heterocycles. The fourth-order valence-electron chi connectivity index (χ4n) is 2.58. The zero-order chi connectivity index (χ0) is 12.5. The number of rotatable bonds is 3. The molecular formula is C12H22N4O. The fraction of sp³-hybridized carbons (Fsp3) is 0.833. The summed E-state index contributed by atoms with van der Waals surface area (Å²) in [5.74, 6) is 0. The molecule has 5 heteroatoms. The first-order valence-corrected chi connectivity index (χ1v) is 6.33. The summed E-state index contributed by atoms with van der Waals surface area (Å²) in [4.78, 5) is 0. The summed E-state index contributed by atoms with van der Waals surface area (Å²) in [6, 6.07) is 0. The first-order chi connectivity index (χ1) is 8.01. The summed E-state index contributed by atoms with van der Waals surface area (Å²) in [5, 5.41) is 22.4. The third kappa shape index (κ3) is 1.98. The quantitative estimate of drug-likeness (QED) is 0.821. The van der Waals surface area contributed by atoms with Gasteiger partial charge < -0.3 is 10.4 Å². The number of aryl methyl sites for hydroxylation is 1. The van der Waals surface area contributed by atoms with Crippen LogP contribution >= 0.6 is 0 Å². The smallest absolute Gasteiger partial charge is 0.115 e. The van der Waals surface area contributed by atoms with Crippen LogP contribution in [0.15, 0.2) is 6.20 Å². The molecule has 1 aromatic heterocycles. The van der Waals surface area contributed by atoms with Crippen molar-refractivity contribution in [1.82, 2.24) is 20.3 Å². The molecule has 1 aliphatic rings. The van der Waals surface area contributed by atoms with Gasteiger partial charge in [0.1, 0.15) is 5.60 Å². The molecule has 5 nitrogen and oxygen atoms in total. The summed E-state index contributed by atoms with van der Waals surface area (Å²) in [6.07, 6.45) is 3.41. The van der Waals surface area contributed by atoms with E-state index in [9.17, 15) is 5.11 Å². The van der Waals surface area contributed by atoms with E-state index in [1.54, 1.807) is 6.20 Å². The lowest BCUT2D eigenvalue weighted by Crippen LogP contribution is -2.54. The van der Waals surface area contributed by atoms with Crippen molar-refractivity contribution in [3.05, 3.63) is 11.9 Å². The predicted molar refractivity (Wildman–Crippen MR) is 65.5 cm³/mol. The summed E-state index contributed by atoms with van der Waals surface area (Å²) in [7, 11) is 0. The number of nitrogens with zero attached hydrogens (tertiary/aromatic N) is 3. The van der Waals surface area contributed by atoms with Crippen LogP contribution < -0.4 is 5.32 Å². The maximum atomic E-state index is 11.0. The standard InChI is InChI=1S/C12H22N4O/c1-4-7-16-10(8-14-15-16)12(17)5-6-13-9-11(12,2)3/h8,13,17H,4-7,9H2,1-3H3. The zero-order valence-corrected chi connectivity index (χ0v) is 10.9. The van der Waals surface area contributed by atoms with Gasteiger partial charge in [-0.3, -0.25) is 0 Å². The molecule has 0 spiro atoms. The lowest BCUT2D eigenvalue weighted by atomic mass is 9.69. The van der Waals surface area contributed by atoms with E-state index in [4.69, 9.17) is 0 Å². The number of aromatic nitrogens is 3. The molecule has 0 aliphatic carbocycles. The second-order valence-electron chi connectivity index (χ2n) is 5.51. The Morgan fingerprint density at radius 3 is 2.94 bits per heavy atom. The molecule has 1 unspecified atom stereocenters. The Hall–Kier alpha value is -0.940. The lowest BCUT2D eigenvalue weighted by Gasteiger charge is -2.46. The van der Waals surface area contributed by atoms with Crippen molar-refractivity contribution in [2.75, 3.05) is 13.1 Å². The Labute approximate surface area is 102 Å². The van der Waals surface area contributed by atoms with E-state index in [1.165, 1.54) is 0 Å². The molecule has 1 aromatic rings. The maximum absolute atomic E-state index is 11.0. The molecule has 0 bridgehead atoms. The molecule has 0 saturated carbocycles. The van der Waals surface area contributed by atoms with Gasteiger partial charge in [-0.05, 0) is 19.4 Å². The van der Waals surface area contributed by atoms with E-state index in [2.05, 4.69) is 36.4 Å². The van der Waals surface area contributed by atoms with Gasteiger partial charge in [-0.15, -0.1) is 5.10 Å². The molecule has 0 aromatic carbocycles. The van der Waals surface area contributed by atoms with Crippen LogP contribution in [0.5, 0.6) is 0 Å². The van der Waals surface area contributed by atoms with E-state index in [-0.39, 0.29) is 5.41 Å². The number of nitrogens with one attached hydrogen (secondary N) is 1. The minimum atomic E-state index is -0.836. The molecule has 1 saturated heterocycles. The lowest BCUT2D eigenvalue weighted by molar-refractivity contribution is -0.101. The predicted octanol–water partition coefficient (Wildman–Crippen LogP) is 0.895. The second-order valence-corrected chi connectivity index (χ2v) is 5.51. The van der Waals surface area contributed by atoms with Crippen LogP contribution in [0.3, 0.4) is 0 Å². The third-order valence-corrected chi connectivity index (χ3v) is 3.83. The molecule has 2 N–H and O–H groups in total. The van der Waals surface area contributed by atoms with Crippen LogP contribution in [0.4, 0.5) is 0 Å². The molecule has 0 radical (unpaired) electrons. The van der Waals surface area contributed by atoms with Gasteiger partial charge in [-0.25, -0.2) is 4.68 Å². The van der Waals surface area contributed by atoms with E-state index >= 15 is 0 Å². The Kier molecular flexibility index (Phi) is 3.23. The van der Waals surface area contributed by atoms with Crippen molar-refractivity contribution in [3.63, 3.8) is 0 Å². The summed E-state index contributed by atoms with van der Waals surface area (Å²) in [6.45, 7) is 8.72. The van der Waals surface area contributed by atoms with Gasteiger partial charge in [0, 0.05) is 18.5 Å². The SMILES string of the molecule is CCCn1nncc1C1(O)CCNCC1(C)C.